The lowest BCUT2D eigenvalue weighted by Gasteiger charge is -2.07. The number of benzene rings is 1. The molecule has 138 valence electrons. The summed E-state index contributed by atoms with van der Waals surface area (Å²) in [5.41, 5.74) is -0.439. The Balaban J connectivity index is 2.58. The van der Waals surface area contributed by atoms with Gasteiger partial charge in [0.25, 0.3) is 11.6 Å². The number of amides is 1. The summed E-state index contributed by atoms with van der Waals surface area (Å²) in [5, 5.41) is 33.6. The number of non-ortho nitro benzene ring substituents is 1. The van der Waals surface area contributed by atoms with Crippen LogP contribution in [-0.4, -0.2) is 28.5 Å². The van der Waals surface area contributed by atoms with Crippen molar-refractivity contribution in [2.45, 2.75) is 25.7 Å². The van der Waals surface area contributed by atoms with Crippen molar-refractivity contribution in [3.63, 3.8) is 0 Å². The third kappa shape index (κ3) is 7.19. The summed E-state index contributed by atoms with van der Waals surface area (Å²) in [4.78, 5) is 32.6. The largest absolute Gasteiger partial charge is 0.481 e. The number of nitrogens with one attached hydrogen (secondary N) is 2. The molecular formula is C16H17ClN4O5. The van der Waals surface area contributed by atoms with Crippen LogP contribution in [0.4, 0.5) is 11.4 Å². The Labute approximate surface area is 154 Å². The first-order chi connectivity index (χ1) is 12.3. The third-order valence-electron chi connectivity index (χ3n) is 3.23. The van der Waals surface area contributed by atoms with Crippen molar-refractivity contribution in [2.24, 2.45) is 0 Å². The smallest absolute Gasteiger partial charge is 0.303 e. The fraction of sp³-hybridized carbons (Fsp3) is 0.312. The van der Waals surface area contributed by atoms with Gasteiger partial charge in [0.15, 0.2) is 0 Å². The Bertz CT molecular complexity index is 757. The summed E-state index contributed by atoms with van der Waals surface area (Å²) in [7, 11) is 0. The molecule has 1 aromatic carbocycles. The van der Waals surface area contributed by atoms with Crippen LogP contribution in [0.25, 0.3) is 0 Å². The van der Waals surface area contributed by atoms with Crippen LogP contribution in [0, 0.1) is 21.4 Å². The number of carboxylic acids is 1. The number of nitrogens with zero attached hydrogens (tertiary/aromatic N) is 2. The first-order valence-corrected chi connectivity index (χ1v) is 8.03. The maximum absolute atomic E-state index is 12.1. The summed E-state index contributed by atoms with van der Waals surface area (Å²) >= 11 is 5.89. The number of carbonyl (C=O) groups excluding carboxylic acids is 1. The highest BCUT2D eigenvalue weighted by molar-refractivity contribution is 6.34. The second kappa shape index (κ2) is 10.7. The maximum Gasteiger partial charge on any atom is 0.303 e. The van der Waals surface area contributed by atoms with Crippen LogP contribution in [0.3, 0.4) is 0 Å². The Hall–Kier alpha value is -3.12. The maximum atomic E-state index is 12.1. The molecule has 0 fully saturated rings. The average Bonchev–Trinajstić information content (AvgIpc) is 2.58. The van der Waals surface area contributed by atoms with Crippen LogP contribution < -0.4 is 10.6 Å². The molecule has 0 atom stereocenters. The van der Waals surface area contributed by atoms with Gasteiger partial charge in [-0.05, 0) is 18.9 Å². The number of nitro benzene ring substituents is 1. The van der Waals surface area contributed by atoms with Gasteiger partial charge in [-0.3, -0.25) is 19.7 Å². The van der Waals surface area contributed by atoms with E-state index in [1.165, 1.54) is 18.3 Å². The average molecular weight is 381 g/mol. The van der Waals surface area contributed by atoms with Gasteiger partial charge in [0.2, 0.25) is 0 Å². The number of hydrogen-bond acceptors (Lipinski definition) is 6. The molecule has 3 N–H and O–H groups in total. The van der Waals surface area contributed by atoms with E-state index in [-0.39, 0.29) is 28.4 Å². The van der Waals surface area contributed by atoms with Crippen molar-refractivity contribution >= 4 is 34.9 Å². The number of anilines is 1. The molecule has 0 heterocycles. The molecule has 0 bridgehead atoms. The molecule has 1 amide bonds. The standard InChI is InChI=1S/C16H17ClN4O5/c17-13-6-5-12(21(25)26)8-14(13)20-16(24)11(9-18)10-19-7-3-1-2-4-15(22)23/h5-6,8,10,19H,1-4,7H2,(H,20,24)(H,22,23)/b11-10-. The fourth-order valence-corrected chi connectivity index (χ4v) is 2.08. The molecule has 26 heavy (non-hydrogen) atoms. The molecule has 0 unspecified atom stereocenters. The van der Waals surface area contributed by atoms with E-state index in [2.05, 4.69) is 10.6 Å². The molecule has 0 radical (unpaired) electrons. The summed E-state index contributed by atoms with van der Waals surface area (Å²) in [6.07, 6.45) is 3.27. The molecular weight excluding hydrogens is 364 g/mol. The van der Waals surface area contributed by atoms with E-state index in [9.17, 15) is 19.7 Å². The Morgan fingerprint density at radius 2 is 2.08 bits per heavy atom. The van der Waals surface area contributed by atoms with E-state index in [0.29, 0.717) is 25.8 Å². The van der Waals surface area contributed by atoms with Crippen molar-refractivity contribution in [3.05, 3.63) is 45.1 Å². The van der Waals surface area contributed by atoms with Crippen LogP contribution in [0.1, 0.15) is 25.7 Å². The second-order valence-corrected chi connectivity index (χ2v) is 5.61. The van der Waals surface area contributed by atoms with Crippen molar-refractivity contribution in [2.75, 3.05) is 11.9 Å². The third-order valence-corrected chi connectivity index (χ3v) is 3.56. The minimum Gasteiger partial charge on any atom is -0.481 e. The van der Waals surface area contributed by atoms with E-state index in [1.54, 1.807) is 6.07 Å². The van der Waals surface area contributed by atoms with Crippen LogP contribution in [-0.2, 0) is 9.59 Å². The van der Waals surface area contributed by atoms with Crippen molar-refractivity contribution in [1.29, 1.82) is 5.26 Å². The number of halogens is 1. The molecule has 10 heteroatoms. The molecule has 0 spiro atoms. The highest BCUT2D eigenvalue weighted by Crippen LogP contribution is 2.26. The van der Waals surface area contributed by atoms with Crippen LogP contribution >= 0.6 is 11.6 Å². The van der Waals surface area contributed by atoms with Crippen molar-refractivity contribution in [1.82, 2.24) is 5.32 Å². The van der Waals surface area contributed by atoms with Gasteiger partial charge in [0, 0.05) is 31.3 Å². The topological polar surface area (TPSA) is 145 Å². The number of carboxylic acid groups (broad SMARTS) is 1. The number of rotatable bonds is 10. The second-order valence-electron chi connectivity index (χ2n) is 5.20. The van der Waals surface area contributed by atoms with Crippen molar-refractivity contribution in [3.8, 4) is 6.07 Å². The Morgan fingerprint density at radius 3 is 2.69 bits per heavy atom. The van der Waals surface area contributed by atoms with Gasteiger partial charge in [-0.2, -0.15) is 5.26 Å². The molecule has 0 aliphatic carbocycles. The molecule has 0 saturated carbocycles. The molecule has 0 aliphatic rings. The lowest BCUT2D eigenvalue weighted by Crippen LogP contribution is -2.17. The van der Waals surface area contributed by atoms with Crippen molar-refractivity contribution < 1.29 is 19.6 Å². The Kier molecular flexibility index (Phi) is 8.60. The van der Waals surface area contributed by atoms with Crippen LogP contribution in [0.5, 0.6) is 0 Å². The monoisotopic (exact) mass is 380 g/mol. The van der Waals surface area contributed by atoms with Gasteiger partial charge in [-0.1, -0.05) is 18.0 Å². The highest BCUT2D eigenvalue weighted by atomic mass is 35.5. The van der Waals surface area contributed by atoms with Crippen LogP contribution in [0.15, 0.2) is 30.0 Å². The van der Waals surface area contributed by atoms with E-state index in [0.717, 1.165) is 6.07 Å². The number of nitriles is 1. The summed E-state index contributed by atoms with van der Waals surface area (Å²) in [5.74, 6) is -1.60. The molecule has 0 saturated heterocycles. The van der Waals surface area contributed by atoms with Gasteiger partial charge < -0.3 is 15.7 Å². The van der Waals surface area contributed by atoms with Gasteiger partial charge in [0.1, 0.15) is 11.6 Å². The molecule has 9 nitrogen and oxygen atoms in total. The lowest BCUT2D eigenvalue weighted by atomic mass is 10.2. The quantitative estimate of drug-likeness (QED) is 0.186. The predicted molar refractivity (Wildman–Crippen MR) is 94.5 cm³/mol. The number of unbranched alkanes of at least 4 members (excludes halogenated alkanes) is 2. The zero-order valence-electron chi connectivity index (χ0n) is 13.7. The summed E-state index contributed by atoms with van der Waals surface area (Å²) in [6, 6.07) is 5.31. The number of carbonyl (C=O) groups is 2. The zero-order chi connectivity index (χ0) is 19.5. The van der Waals surface area contributed by atoms with Gasteiger partial charge in [-0.15, -0.1) is 0 Å². The van der Waals surface area contributed by atoms with Gasteiger partial charge >= 0.3 is 5.97 Å². The van der Waals surface area contributed by atoms with Gasteiger partial charge in [-0.25, -0.2) is 0 Å². The van der Waals surface area contributed by atoms with Crippen LogP contribution in [0.2, 0.25) is 5.02 Å². The molecule has 0 aromatic heterocycles. The minimum absolute atomic E-state index is 0.0284. The zero-order valence-corrected chi connectivity index (χ0v) is 14.5. The normalized spacial score (nSPS) is 10.7. The van der Waals surface area contributed by atoms with E-state index in [4.69, 9.17) is 22.0 Å². The molecule has 1 aromatic rings. The SMILES string of the molecule is N#C/C(=C/NCCCCCC(=O)O)C(=O)Nc1cc([N+](=O)[O-])ccc1Cl. The summed E-state index contributed by atoms with van der Waals surface area (Å²) in [6.45, 7) is 0.468. The van der Waals surface area contributed by atoms with Gasteiger partial charge in [0.05, 0.1) is 15.6 Å². The number of nitro groups is 1. The Morgan fingerprint density at radius 1 is 1.35 bits per heavy atom. The fourth-order valence-electron chi connectivity index (χ4n) is 1.92. The summed E-state index contributed by atoms with van der Waals surface area (Å²) < 4.78 is 0. The minimum atomic E-state index is -0.846. The lowest BCUT2D eigenvalue weighted by molar-refractivity contribution is -0.384. The molecule has 1 rings (SSSR count). The number of aliphatic carboxylic acids is 1. The first-order valence-electron chi connectivity index (χ1n) is 7.66. The van der Waals surface area contributed by atoms with E-state index >= 15 is 0 Å². The number of hydrogen-bond donors (Lipinski definition) is 3. The first kappa shape index (κ1) is 20.9. The predicted octanol–water partition coefficient (Wildman–Crippen LogP) is 2.83. The highest BCUT2D eigenvalue weighted by Gasteiger charge is 2.14. The van der Waals surface area contributed by atoms with E-state index < -0.39 is 16.8 Å². The van der Waals surface area contributed by atoms with E-state index in [1.807, 2.05) is 0 Å². The molecule has 0 aliphatic heterocycles.